The lowest BCUT2D eigenvalue weighted by Crippen LogP contribution is -2.15. The molecule has 4 heteroatoms. The molecule has 1 aliphatic heterocycles. The normalized spacial score (nSPS) is 13.4. The predicted molar refractivity (Wildman–Crippen MR) is 85.2 cm³/mol. The number of halogens is 1. The molecule has 0 unspecified atom stereocenters. The standard InChI is InChI=1S/C17H16ClNO2/c1-20-15-9-11-7-8-19-17(13(11)10-16(15)21-2)12-5-3-4-6-14(12)18/h3-6,9-10H,7-8H2,1-2H3. The van der Waals surface area contributed by atoms with Crippen LogP contribution in [-0.2, 0) is 6.42 Å². The van der Waals surface area contributed by atoms with Gasteiger partial charge in [0.2, 0.25) is 0 Å². The van der Waals surface area contributed by atoms with E-state index in [1.54, 1.807) is 14.2 Å². The molecule has 0 N–H and O–H groups in total. The van der Waals surface area contributed by atoms with Crippen molar-refractivity contribution in [1.82, 2.24) is 0 Å². The van der Waals surface area contributed by atoms with Crippen LogP contribution in [0.1, 0.15) is 16.7 Å². The summed E-state index contributed by atoms with van der Waals surface area (Å²) in [5, 5.41) is 0.707. The number of hydrogen-bond donors (Lipinski definition) is 0. The van der Waals surface area contributed by atoms with Crippen LogP contribution in [0.5, 0.6) is 11.5 Å². The lowest BCUT2D eigenvalue weighted by Gasteiger charge is -2.20. The van der Waals surface area contributed by atoms with E-state index in [1.807, 2.05) is 36.4 Å². The Kier molecular flexibility index (Phi) is 3.84. The van der Waals surface area contributed by atoms with E-state index in [2.05, 4.69) is 4.99 Å². The Morgan fingerprint density at radius 2 is 1.71 bits per heavy atom. The van der Waals surface area contributed by atoms with Gasteiger partial charge in [-0.25, -0.2) is 0 Å². The van der Waals surface area contributed by atoms with Crippen LogP contribution in [0.2, 0.25) is 5.02 Å². The van der Waals surface area contributed by atoms with Gasteiger partial charge in [0.1, 0.15) is 0 Å². The van der Waals surface area contributed by atoms with Crippen molar-refractivity contribution in [3.8, 4) is 11.5 Å². The molecule has 108 valence electrons. The fourth-order valence-electron chi connectivity index (χ4n) is 2.61. The molecule has 1 heterocycles. The fourth-order valence-corrected chi connectivity index (χ4v) is 2.83. The summed E-state index contributed by atoms with van der Waals surface area (Å²) in [4.78, 5) is 4.67. The van der Waals surface area contributed by atoms with Gasteiger partial charge >= 0.3 is 0 Å². The van der Waals surface area contributed by atoms with E-state index in [0.717, 1.165) is 35.6 Å². The van der Waals surface area contributed by atoms with Crippen molar-refractivity contribution >= 4 is 17.3 Å². The van der Waals surface area contributed by atoms with Gasteiger partial charge in [-0.2, -0.15) is 0 Å². The highest BCUT2D eigenvalue weighted by Gasteiger charge is 2.20. The largest absolute Gasteiger partial charge is 0.493 e. The number of methoxy groups -OCH3 is 2. The summed E-state index contributed by atoms with van der Waals surface area (Å²) in [6, 6.07) is 11.8. The van der Waals surface area contributed by atoms with Crippen LogP contribution in [0.15, 0.2) is 41.4 Å². The van der Waals surface area contributed by atoms with E-state index < -0.39 is 0 Å². The van der Waals surface area contributed by atoms with Crippen LogP contribution in [0.25, 0.3) is 0 Å². The third kappa shape index (κ3) is 2.49. The molecule has 0 atom stereocenters. The molecule has 0 bridgehead atoms. The van der Waals surface area contributed by atoms with Gasteiger partial charge < -0.3 is 9.47 Å². The molecule has 0 radical (unpaired) electrons. The second-order valence-electron chi connectivity index (χ2n) is 4.82. The first kappa shape index (κ1) is 14.0. The van der Waals surface area contributed by atoms with Crippen LogP contribution >= 0.6 is 11.6 Å². The molecule has 0 saturated carbocycles. The van der Waals surface area contributed by atoms with Crippen LogP contribution in [0, 0.1) is 0 Å². The Hall–Kier alpha value is -2.00. The maximum Gasteiger partial charge on any atom is 0.161 e. The number of aliphatic imine (C=N–C) groups is 1. The van der Waals surface area contributed by atoms with Crippen LogP contribution < -0.4 is 9.47 Å². The molecule has 0 saturated heterocycles. The minimum absolute atomic E-state index is 0.706. The highest BCUT2D eigenvalue weighted by Crippen LogP contribution is 2.34. The van der Waals surface area contributed by atoms with Gasteiger partial charge in [-0.1, -0.05) is 29.8 Å². The quantitative estimate of drug-likeness (QED) is 0.864. The highest BCUT2D eigenvalue weighted by molar-refractivity contribution is 6.35. The first-order valence-electron chi connectivity index (χ1n) is 6.79. The number of benzene rings is 2. The van der Waals surface area contributed by atoms with E-state index in [0.29, 0.717) is 10.8 Å². The molecule has 2 aromatic carbocycles. The molecule has 3 rings (SSSR count). The first-order chi connectivity index (χ1) is 10.2. The Bertz CT molecular complexity index is 710. The molecule has 21 heavy (non-hydrogen) atoms. The summed E-state index contributed by atoms with van der Waals surface area (Å²) in [6.07, 6.45) is 0.893. The van der Waals surface area contributed by atoms with E-state index in [1.165, 1.54) is 5.56 Å². The third-order valence-corrected chi connectivity index (χ3v) is 3.97. The molecular formula is C17H16ClNO2. The number of fused-ring (bicyclic) bond motifs is 1. The second-order valence-corrected chi connectivity index (χ2v) is 5.23. The maximum absolute atomic E-state index is 6.32. The molecule has 0 aliphatic carbocycles. The first-order valence-corrected chi connectivity index (χ1v) is 7.17. The fraction of sp³-hybridized carbons (Fsp3) is 0.235. The molecule has 3 nitrogen and oxygen atoms in total. The summed E-state index contributed by atoms with van der Waals surface area (Å²) in [6.45, 7) is 0.753. The van der Waals surface area contributed by atoms with Crippen molar-refractivity contribution in [2.75, 3.05) is 20.8 Å². The Morgan fingerprint density at radius 3 is 2.43 bits per heavy atom. The molecule has 0 aromatic heterocycles. The summed E-state index contributed by atoms with van der Waals surface area (Å²) >= 11 is 6.32. The van der Waals surface area contributed by atoms with Crippen molar-refractivity contribution in [3.05, 3.63) is 58.1 Å². The number of nitrogens with zero attached hydrogens (tertiary/aromatic N) is 1. The summed E-state index contributed by atoms with van der Waals surface area (Å²) in [5.74, 6) is 1.45. The predicted octanol–water partition coefficient (Wildman–Crippen LogP) is 3.75. The molecule has 0 spiro atoms. The van der Waals surface area contributed by atoms with Crippen molar-refractivity contribution in [1.29, 1.82) is 0 Å². The minimum atomic E-state index is 0.706. The summed E-state index contributed by atoms with van der Waals surface area (Å²) in [5.41, 5.74) is 4.14. The van der Waals surface area contributed by atoms with Gasteiger partial charge in [0.25, 0.3) is 0 Å². The molecule has 2 aromatic rings. The summed E-state index contributed by atoms with van der Waals surface area (Å²) in [7, 11) is 3.29. The van der Waals surface area contributed by atoms with E-state index in [4.69, 9.17) is 21.1 Å². The highest BCUT2D eigenvalue weighted by atomic mass is 35.5. The molecule has 1 aliphatic rings. The van der Waals surface area contributed by atoms with Gasteiger partial charge in [0, 0.05) is 22.7 Å². The van der Waals surface area contributed by atoms with Crippen LogP contribution in [-0.4, -0.2) is 26.5 Å². The average Bonchev–Trinajstić information content (AvgIpc) is 2.53. The van der Waals surface area contributed by atoms with Crippen LogP contribution in [0.4, 0.5) is 0 Å². The van der Waals surface area contributed by atoms with Crippen molar-refractivity contribution in [2.24, 2.45) is 4.99 Å². The van der Waals surface area contributed by atoms with Gasteiger partial charge in [0.15, 0.2) is 11.5 Å². The Morgan fingerprint density at radius 1 is 1.00 bits per heavy atom. The zero-order valence-electron chi connectivity index (χ0n) is 12.0. The smallest absolute Gasteiger partial charge is 0.161 e. The minimum Gasteiger partial charge on any atom is -0.493 e. The molecular weight excluding hydrogens is 286 g/mol. The van der Waals surface area contributed by atoms with Gasteiger partial charge in [-0.05, 0) is 30.2 Å². The van der Waals surface area contributed by atoms with Crippen molar-refractivity contribution in [3.63, 3.8) is 0 Å². The van der Waals surface area contributed by atoms with Gasteiger partial charge in [0.05, 0.1) is 19.9 Å². The zero-order chi connectivity index (χ0) is 14.8. The number of rotatable bonds is 3. The second kappa shape index (κ2) is 5.78. The lowest BCUT2D eigenvalue weighted by atomic mass is 9.92. The van der Waals surface area contributed by atoms with E-state index in [-0.39, 0.29) is 0 Å². The van der Waals surface area contributed by atoms with Crippen molar-refractivity contribution < 1.29 is 9.47 Å². The lowest BCUT2D eigenvalue weighted by molar-refractivity contribution is 0.354. The van der Waals surface area contributed by atoms with Crippen LogP contribution in [0.3, 0.4) is 0 Å². The molecule has 0 amide bonds. The summed E-state index contributed by atoms with van der Waals surface area (Å²) < 4.78 is 10.8. The zero-order valence-corrected chi connectivity index (χ0v) is 12.8. The third-order valence-electron chi connectivity index (χ3n) is 3.64. The van der Waals surface area contributed by atoms with Gasteiger partial charge in [-0.15, -0.1) is 0 Å². The monoisotopic (exact) mass is 301 g/mol. The Balaban J connectivity index is 2.16. The Labute approximate surface area is 129 Å². The maximum atomic E-state index is 6.32. The SMILES string of the molecule is COc1cc2c(cc1OC)C(c1ccccc1Cl)=NCC2. The van der Waals surface area contributed by atoms with E-state index >= 15 is 0 Å². The molecule has 0 fully saturated rings. The number of ether oxygens (including phenoxy) is 2. The topological polar surface area (TPSA) is 30.8 Å². The van der Waals surface area contributed by atoms with Crippen molar-refractivity contribution in [2.45, 2.75) is 6.42 Å². The number of hydrogen-bond acceptors (Lipinski definition) is 3. The van der Waals surface area contributed by atoms with E-state index in [9.17, 15) is 0 Å². The van der Waals surface area contributed by atoms with Gasteiger partial charge in [-0.3, -0.25) is 4.99 Å². The average molecular weight is 302 g/mol.